The Morgan fingerprint density at radius 3 is 2.15 bits per heavy atom. The third-order valence-electron chi connectivity index (χ3n) is 7.01. The summed E-state index contributed by atoms with van der Waals surface area (Å²) < 4.78 is 63.4. The number of hydrogen-bond donors (Lipinski definition) is 0. The molecular formula is C29H30F4O. The highest BCUT2D eigenvalue weighted by Gasteiger charge is 2.26. The summed E-state index contributed by atoms with van der Waals surface area (Å²) in [6, 6.07) is 12.8. The second kappa shape index (κ2) is 10.6. The van der Waals surface area contributed by atoms with Crippen LogP contribution in [0, 0.1) is 36.1 Å². The SMILES string of the molecule is CCCC1CCC(c2ccc(COc3ccc(-c4ccc(C)c(F)c4F)cc3)c(F)c2F)CC1. The topological polar surface area (TPSA) is 9.23 Å². The Hall–Kier alpha value is -2.82. The molecule has 4 rings (SSSR count). The molecule has 1 aliphatic carbocycles. The smallest absolute Gasteiger partial charge is 0.166 e. The first-order valence-corrected chi connectivity index (χ1v) is 12.0. The average molecular weight is 471 g/mol. The van der Waals surface area contributed by atoms with E-state index in [0.29, 0.717) is 22.8 Å². The zero-order valence-corrected chi connectivity index (χ0v) is 19.6. The van der Waals surface area contributed by atoms with E-state index in [2.05, 4.69) is 6.92 Å². The van der Waals surface area contributed by atoms with E-state index in [1.54, 1.807) is 36.4 Å². The van der Waals surface area contributed by atoms with Crippen LogP contribution < -0.4 is 4.74 Å². The van der Waals surface area contributed by atoms with Gasteiger partial charge in [-0.05, 0) is 73.3 Å². The predicted octanol–water partition coefficient (Wildman–Crippen LogP) is 8.87. The summed E-state index contributed by atoms with van der Waals surface area (Å²) in [5.41, 5.74) is 1.51. The van der Waals surface area contributed by atoms with Crippen LogP contribution in [0.5, 0.6) is 5.75 Å². The molecule has 0 amide bonds. The second-order valence-corrected chi connectivity index (χ2v) is 9.32. The average Bonchev–Trinajstić information content (AvgIpc) is 2.85. The van der Waals surface area contributed by atoms with E-state index in [1.807, 2.05) is 0 Å². The summed E-state index contributed by atoms with van der Waals surface area (Å²) in [7, 11) is 0. The summed E-state index contributed by atoms with van der Waals surface area (Å²) >= 11 is 0. The zero-order valence-electron chi connectivity index (χ0n) is 19.6. The van der Waals surface area contributed by atoms with Crippen LogP contribution in [0.25, 0.3) is 11.1 Å². The first-order valence-electron chi connectivity index (χ1n) is 12.0. The summed E-state index contributed by atoms with van der Waals surface area (Å²) in [4.78, 5) is 0. The van der Waals surface area contributed by atoms with E-state index in [0.717, 1.165) is 32.1 Å². The highest BCUT2D eigenvalue weighted by Crippen LogP contribution is 2.39. The van der Waals surface area contributed by atoms with Crippen LogP contribution >= 0.6 is 0 Å². The van der Waals surface area contributed by atoms with Gasteiger partial charge in [0.1, 0.15) is 12.4 Å². The number of aryl methyl sites for hydroxylation is 1. The van der Waals surface area contributed by atoms with Gasteiger partial charge in [0.15, 0.2) is 23.3 Å². The molecule has 5 heteroatoms. The second-order valence-electron chi connectivity index (χ2n) is 9.32. The molecule has 1 aliphatic rings. The molecule has 0 heterocycles. The van der Waals surface area contributed by atoms with Crippen molar-refractivity contribution in [2.24, 2.45) is 5.92 Å². The standard InChI is InChI=1S/C29H30F4O/c1-3-4-19-6-8-20(9-7-19)25-16-12-22(27(31)29(25)33)17-34-23-13-10-21(11-14-23)24-15-5-18(2)26(30)28(24)32/h5,10-16,19-20H,3-4,6-9,17H2,1-2H3. The van der Waals surface area contributed by atoms with Gasteiger partial charge in [-0.2, -0.15) is 0 Å². The van der Waals surface area contributed by atoms with Crippen molar-refractivity contribution in [3.63, 3.8) is 0 Å². The summed E-state index contributed by atoms with van der Waals surface area (Å²) in [6.07, 6.45) is 6.30. The summed E-state index contributed by atoms with van der Waals surface area (Å²) in [5, 5.41) is 0. The maximum atomic E-state index is 14.9. The van der Waals surface area contributed by atoms with Crippen molar-refractivity contribution in [1.29, 1.82) is 0 Å². The molecular weight excluding hydrogens is 440 g/mol. The molecule has 1 fully saturated rings. The third-order valence-corrected chi connectivity index (χ3v) is 7.01. The first-order chi connectivity index (χ1) is 16.4. The molecule has 180 valence electrons. The number of ether oxygens (including phenoxy) is 1. The van der Waals surface area contributed by atoms with E-state index in [-0.39, 0.29) is 29.2 Å². The molecule has 0 radical (unpaired) electrons. The van der Waals surface area contributed by atoms with E-state index >= 15 is 0 Å². The van der Waals surface area contributed by atoms with Crippen LogP contribution in [0.15, 0.2) is 48.5 Å². The van der Waals surface area contributed by atoms with Crippen molar-refractivity contribution >= 4 is 0 Å². The Bertz CT molecular complexity index is 1130. The van der Waals surface area contributed by atoms with Crippen LogP contribution in [0.4, 0.5) is 17.6 Å². The highest BCUT2D eigenvalue weighted by molar-refractivity contribution is 5.65. The van der Waals surface area contributed by atoms with Crippen LogP contribution in [0.2, 0.25) is 0 Å². The van der Waals surface area contributed by atoms with Crippen molar-refractivity contribution in [2.75, 3.05) is 0 Å². The molecule has 0 bridgehead atoms. The van der Waals surface area contributed by atoms with E-state index in [1.165, 1.54) is 25.5 Å². The lowest BCUT2D eigenvalue weighted by atomic mass is 9.77. The van der Waals surface area contributed by atoms with Gasteiger partial charge in [0.05, 0.1) is 0 Å². The van der Waals surface area contributed by atoms with Crippen molar-refractivity contribution in [3.8, 4) is 16.9 Å². The lowest BCUT2D eigenvalue weighted by Gasteiger charge is -2.29. The first kappa shape index (κ1) is 24.3. The Labute approximate surface area is 198 Å². The molecule has 3 aromatic carbocycles. The van der Waals surface area contributed by atoms with Gasteiger partial charge in [-0.3, -0.25) is 0 Å². The molecule has 0 N–H and O–H groups in total. The fourth-order valence-corrected chi connectivity index (χ4v) is 4.96. The molecule has 3 aromatic rings. The number of rotatable bonds is 7. The van der Waals surface area contributed by atoms with Crippen LogP contribution in [-0.4, -0.2) is 0 Å². The fourth-order valence-electron chi connectivity index (χ4n) is 4.96. The van der Waals surface area contributed by atoms with Crippen LogP contribution in [0.3, 0.4) is 0 Å². The third kappa shape index (κ3) is 5.13. The molecule has 0 aliphatic heterocycles. The van der Waals surface area contributed by atoms with Crippen molar-refractivity contribution < 1.29 is 22.3 Å². The Kier molecular flexibility index (Phi) is 7.60. The van der Waals surface area contributed by atoms with E-state index in [4.69, 9.17) is 4.74 Å². The van der Waals surface area contributed by atoms with Gasteiger partial charge in [-0.15, -0.1) is 0 Å². The Balaban J connectivity index is 1.41. The fraction of sp³-hybridized carbons (Fsp3) is 0.379. The maximum absolute atomic E-state index is 14.9. The molecule has 1 saturated carbocycles. The highest BCUT2D eigenvalue weighted by atomic mass is 19.2. The van der Waals surface area contributed by atoms with Gasteiger partial charge in [-0.1, -0.05) is 56.2 Å². The van der Waals surface area contributed by atoms with E-state index < -0.39 is 23.3 Å². The van der Waals surface area contributed by atoms with Gasteiger partial charge in [0.2, 0.25) is 0 Å². The minimum absolute atomic E-state index is 0.0668. The van der Waals surface area contributed by atoms with Gasteiger partial charge < -0.3 is 4.74 Å². The van der Waals surface area contributed by atoms with Crippen molar-refractivity contribution in [3.05, 3.63) is 88.5 Å². The monoisotopic (exact) mass is 470 g/mol. The van der Waals surface area contributed by atoms with Crippen molar-refractivity contribution in [1.82, 2.24) is 0 Å². The lowest BCUT2D eigenvalue weighted by Crippen LogP contribution is -2.15. The van der Waals surface area contributed by atoms with Gasteiger partial charge in [0, 0.05) is 11.1 Å². The molecule has 34 heavy (non-hydrogen) atoms. The largest absolute Gasteiger partial charge is 0.489 e. The van der Waals surface area contributed by atoms with Crippen LogP contribution in [-0.2, 0) is 6.61 Å². The van der Waals surface area contributed by atoms with Crippen molar-refractivity contribution in [2.45, 2.75) is 64.9 Å². The Morgan fingerprint density at radius 1 is 0.765 bits per heavy atom. The number of halogens is 4. The maximum Gasteiger partial charge on any atom is 0.166 e. The molecule has 0 saturated heterocycles. The Morgan fingerprint density at radius 2 is 1.47 bits per heavy atom. The molecule has 1 nitrogen and oxygen atoms in total. The zero-order chi connectivity index (χ0) is 24.2. The number of hydrogen-bond acceptors (Lipinski definition) is 1. The summed E-state index contributed by atoms with van der Waals surface area (Å²) in [5.74, 6) is -2.20. The normalized spacial score (nSPS) is 18.2. The molecule has 0 spiro atoms. The molecule has 0 atom stereocenters. The quantitative estimate of drug-likeness (QED) is 0.313. The summed E-state index contributed by atoms with van der Waals surface area (Å²) in [6.45, 7) is 3.56. The minimum Gasteiger partial charge on any atom is -0.489 e. The number of benzene rings is 3. The lowest BCUT2D eigenvalue weighted by molar-refractivity contribution is 0.292. The minimum atomic E-state index is -0.898. The van der Waals surface area contributed by atoms with Gasteiger partial charge >= 0.3 is 0 Å². The van der Waals surface area contributed by atoms with Crippen LogP contribution in [0.1, 0.15) is 68.1 Å². The van der Waals surface area contributed by atoms with Gasteiger partial charge in [-0.25, -0.2) is 17.6 Å². The molecule has 0 aromatic heterocycles. The van der Waals surface area contributed by atoms with Gasteiger partial charge in [0.25, 0.3) is 0 Å². The molecule has 0 unspecified atom stereocenters. The van der Waals surface area contributed by atoms with E-state index in [9.17, 15) is 17.6 Å². The predicted molar refractivity (Wildman–Crippen MR) is 127 cm³/mol.